The van der Waals surface area contributed by atoms with Gasteiger partial charge in [-0.15, -0.1) is 0 Å². The highest BCUT2D eigenvalue weighted by molar-refractivity contribution is 7.87. The SMILES string of the molecule is CCC(C)(CN)N(C)S(=O)(=O)NC(C)C. The minimum Gasteiger partial charge on any atom is -0.329 e. The number of likely N-dealkylation sites (N-methyl/N-ethyl adjacent to an activating group) is 1. The second kappa shape index (κ2) is 5.25. The Morgan fingerprint density at radius 2 is 1.93 bits per heavy atom. The molecule has 3 N–H and O–H groups in total. The Hall–Kier alpha value is -0.170. The topological polar surface area (TPSA) is 75.4 Å². The normalized spacial score (nSPS) is 17.1. The van der Waals surface area contributed by atoms with Gasteiger partial charge in [-0.3, -0.25) is 0 Å². The van der Waals surface area contributed by atoms with E-state index in [2.05, 4.69) is 4.72 Å². The van der Waals surface area contributed by atoms with Crippen molar-refractivity contribution in [3.63, 3.8) is 0 Å². The van der Waals surface area contributed by atoms with E-state index in [4.69, 9.17) is 5.73 Å². The average Bonchev–Trinajstić information content (AvgIpc) is 2.13. The van der Waals surface area contributed by atoms with Crippen LogP contribution in [0.2, 0.25) is 0 Å². The lowest BCUT2D eigenvalue weighted by Gasteiger charge is -2.36. The summed E-state index contributed by atoms with van der Waals surface area (Å²) in [6, 6.07) is -0.115. The molecule has 0 fully saturated rings. The molecule has 0 rings (SSSR count). The van der Waals surface area contributed by atoms with Gasteiger partial charge in [0, 0.05) is 25.2 Å². The molecular weight excluding hydrogens is 214 g/mol. The quantitative estimate of drug-likeness (QED) is 0.697. The molecule has 0 aromatic carbocycles. The van der Waals surface area contributed by atoms with Gasteiger partial charge >= 0.3 is 0 Å². The van der Waals surface area contributed by atoms with Crippen molar-refractivity contribution in [1.82, 2.24) is 9.03 Å². The van der Waals surface area contributed by atoms with Crippen LogP contribution >= 0.6 is 0 Å². The number of nitrogens with zero attached hydrogens (tertiary/aromatic N) is 1. The molecule has 0 aliphatic rings. The lowest BCUT2D eigenvalue weighted by molar-refractivity contribution is 0.236. The smallest absolute Gasteiger partial charge is 0.279 e. The third kappa shape index (κ3) is 3.71. The molecule has 1 unspecified atom stereocenters. The van der Waals surface area contributed by atoms with Crippen LogP contribution in [0.1, 0.15) is 34.1 Å². The van der Waals surface area contributed by atoms with Gasteiger partial charge in [-0.1, -0.05) is 6.92 Å². The molecule has 0 aromatic rings. The highest BCUT2D eigenvalue weighted by Crippen LogP contribution is 2.18. The first kappa shape index (κ1) is 14.8. The zero-order valence-electron chi connectivity index (χ0n) is 10.2. The number of hydrogen-bond donors (Lipinski definition) is 2. The molecule has 0 spiro atoms. The van der Waals surface area contributed by atoms with Crippen molar-refractivity contribution in [2.75, 3.05) is 13.6 Å². The minimum atomic E-state index is -3.44. The van der Waals surface area contributed by atoms with E-state index < -0.39 is 15.7 Å². The maximum atomic E-state index is 11.9. The average molecular weight is 237 g/mol. The predicted octanol–water partition coefficient (Wildman–Crippen LogP) is 0.288. The Bertz CT molecular complexity index is 284. The van der Waals surface area contributed by atoms with Crippen molar-refractivity contribution in [2.45, 2.75) is 45.7 Å². The van der Waals surface area contributed by atoms with Crippen molar-refractivity contribution >= 4 is 10.2 Å². The molecule has 0 heterocycles. The fourth-order valence-corrected chi connectivity index (χ4v) is 2.70. The van der Waals surface area contributed by atoms with E-state index in [9.17, 15) is 8.42 Å². The lowest BCUT2D eigenvalue weighted by Crippen LogP contribution is -2.56. The first-order valence-corrected chi connectivity index (χ1v) is 6.60. The first-order chi connectivity index (χ1) is 6.69. The summed E-state index contributed by atoms with van der Waals surface area (Å²) in [7, 11) is -1.88. The summed E-state index contributed by atoms with van der Waals surface area (Å²) in [4.78, 5) is 0. The fraction of sp³-hybridized carbons (Fsp3) is 1.00. The molecule has 0 saturated heterocycles. The van der Waals surface area contributed by atoms with Crippen LogP contribution in [-0.2, 0) is 10.2 Å². The van der Waals surface area contributed by atoms with Gasteiger partial charge in [0.1, 0.15) is 0 Å². The molecule has 0 saturated carbocycles. The van der Waals surface area contributed by atoms with Crippen LogP contribution in [0.5, 0.6) is 0 Å². The Labute approximate surface area is 93.2 Å². The molecule has 15 heavy (non-hydrogen) atoms. The van der Waals surface area contributed by atoms with E-state index in [-0.39, 0.29) is 6.04 Å². The van der Waals surface area contributed by atoms with E-state index in [1.54, 1.807) is 20.9 Å². The summed E-state index contributed by atoms with van der Waals surface area (Å²) >= 11 is 0. The second-order valence-electron chi connectivity index (χ2n) is 4.30. The van der Waals surface area contributed by atoms with Gasteiger partial charge in [0.2, 0.25) is 0 Å². The Balaban J connectivity index is 4.90. The third-order valence-electron chi connectivity index (χ3n) is 2.71. The Morgan fingerprint density at radius 3 is 2.20 bits per heavy atom. The van der Waals surface area contributed by atoms with Gasteiger partial charge < -0.3 is 5.73 Å². The summed E-state index contributed by atoms with van der Waals surface area (Å²) in [6.45, 7) is 7.65. The largest absolute Gasteiger partial charge is 0.329 e. The van der Waals surface area contributed by atoms with Crippen LogP contribution in [0.4, 0.5) is 0 Å². The standard InChI is InChI=1S/C9H23N3O2S/c1-6-9(4,7-10)12(5)15(13,14)11-8(2)3/h8,11H,6-7,10H2,1-5H3. The van der Waals surface area contributed by atoms with Gasteiger partial charge in [-0.2, -0.15) is 17.4 Å². The van der Waals surface area contributed by atoms with E-state index in [0.29, 0.717) is 13.0 Å². The molecule has 6 heteroatoms. The van der Waals surface area contributed by atoms with Gasteiger partial charge in [-0.05, 0) is 27.2 Å². The molecule has 0 aromatic heterocycles. The highest BCUT2D eigenvalue weighted by atomic mass is 32.2. The van der Waals surface area contributed by atoms with Gasteiger partial charge in [-0.25, -0.2) is 0 Å². The van der Waals surface area contributed by atoms with Crippen LogP contribution in [0.25, 0.3) is 0 Å². The summed E-state index contributed by atoms with van der Waals surface area (Å²) in [6.07, 6.45) is 0.680. The van der Waals surface area contributed by atoms with Crippen LogP contribution in [0.15, 0.2) is 0 Å². The number of hydrogen-bond acceptors (Lipinski definition) is 3. The van der Waals surface area contributed by atoms with Crippen molar-refractivity contribution in [3.05, 3.63) is 0 Å². The molecule has 0 aliphatic heterocycles. The number of nitrogens with one attached hydrogen (secondary N) is 1. The summed E-state index contributed by atoms with van der Waals surface area (Å²) in [5, 5.41) is 0. The van der Waals surface area contributed by atoms with E-state index in [0.717, 1.165) is 0 Å². The molecule has 0 radical (unpaired) electrons. The number of rotatable bonds is 6. The summed E-state index contributed by atoms with van der Waals surface area (Å²) in [5.41, 5.74) is 5.09. The fourth-order valence-electron chi connectivity index (χ4n) is 1.16. The van der Waals surface area contributed by atoms with Crippen LogP contribution < -0.4 is 10.5 Å². The van der Waals surface area contributed by atoms with Crippen molar-refractivity contribution in [2.24, 2.45) is 5.73 Å². The predicted molar refractivity (Wildman–Crippen MR) is 62.7 cm³/mol. The minimum absolute atomic E-state index is 0.115. The van der Waals surface area contributed by atoms with Gasteiger partial charge in [0.05, 0.1) is 0 Å². The second-order valence-corrected chi connectivity index (χ2v) is 6.03. The molecule has 0 aliphatic carbocycles. The molecule has 92 valence electrons. The van der Waals surface area contributed by atoms with E-state index >= 15 is 0 Å². The monoisotopic (exact) mass is 237 g/mol. The van der Waals surface area contributed by atoms with Gasteiger partial charge in [0.15, 0.2) is 0 Å². The van der Waals surface area contributed by atoms with Crippen molar-refractivity contribution < 1.29 is 8.42 Å². The maximum Gasteiger partial charge on any atom is 0.279 e. The Kier molecular flexibility index (Phi) is 5.19. The zero-order chi connectivity index (χ0) is 12.3. The molecular formula is C9H23N3O2S. The summed E-state index contributed by atoms with van der Waals surface area (Å²) < 4.78 is 27.6. The highest BCUT2D eigenvalue weighted by Gasteiger charge is 2.34. The zero-order valence-corrected chi connectivity index (χ0v) is 11.1. The summed E-state index contributed by atoms with van der Waals surface area (Å²) in [5.74, 6) is 0. The first-order valence-electron chi connectivity index (χ1n) is 5.16. The van der Waals surface area contributed by atoms with Crippen LogP contribution in [-0.4, -0.2) is 37.9 Å². The van der Waals surface area contributed by atoms with E-state index in [1.807, 2.05) is 13.8 Å². The van der Waals surface area contributed by atoms with Crippen molar-refractivity contribution in [3.8, 4) is 0 Å². The third-order valence-corrected chi connectivity index (χ3v) is 4.64. The molecule has 1 atom stereocenters. The molecule has 5 nitrogen and oxygen atoms in total. The van der Waals surface area contributed by atoms with E-state index in [1.165, 1.54) is 4.31 Å². The Morgan fingerprint density at radius 1 is 1.47 bits per heavy atom. The van der Waals surface area contributed by atoms with Crippen molar-refractivity contribution in [1.29, 1.82) is 0 Å². The van der Waals surface area contributed by atoms with Gasteiger partial charge in [0.25, 0.3) is 10.2 Å². The number of nitrogens with two attached hydrogens (primary N) is 1. The molecule has 0 bridgehead atoms. The molecule has 0 amide bonds. The van der Waals surface area contributed by atoms with Crippen LogP contribution in [0.3, 0.4) is 0 Å². The van der Waals surface area contributed by atoms with Crippen LogP contribution in [0, 0.1) is 0 Å². The maximum absolute atomic E-state index is 11.9. The lowest BCUT2D eigenvalue weighted by atomic mass is 10.00.